The van der Waals surface area contributed by atoms with Crippen molar-refractivity contribution in [1.29, 1.82) is 0 Å². The largest absolute Gasteiger partial charge is 0.497 e. The zero-order chi connectivity index (χ0) is 13.0. The van der Waals surface area contributed by atoms with E-state index in [4.69, 9.17) is 4.74 Å². The quantitative estimate of drug-likeness (QED) is 0.830. The number of nitrogens with zero attached hydrogens (tertiary/aromatic N) is 1. The summed E-state index contributed by atoms with van der Waals surface area (Å²) in [6, 6.07) is 7.30. The molecular weight excluding hydrogens is 234 g/mol. The van der Waals surface area contributed by atoms with Crippen LogP contribution in [0.1, 0.15) is 11.3 Å². The monoisotopic (exact) mass is 245 g/mol. The Hall–Kier alpha value is -2.63. The van der Waals surface area contributed by atoms with E-state index in [-0.39, 0.29) is 5.69 Å². The van der Waals surface area contributed by atoms with Crippen LogP contribution in [-0.2, 0) is 0 Å². The standard InChI is InChI=1S/C12H11N3O3/c1-18-9-5-2-8(3-6-9)4-7-10-11(16)13-12(17)15-14-10/h2-7H,1H3,(H2,13,15,16,17)/b7-4+. The number of methoxy groups -OCH3 is 1. The van der Waals surface area contributed by atoms with Crippen LogP contribution in [0.15, 0.2) is 33.9 Å². The second kappa shape index (κ2) is 5.13. The Balaban J connectivity index is 2.24. The van der Waals surface area contributed by atoms with Crippen LogP contribution in [-0.4, -0.2) is 22.3 Å². The third-order valence-electron chi connectivity index (χ3n) is 2.29. The number of hydrogen-bond donors (Lipinski definition) is 2. The molecule has 6 heteroatoms. The van der Waals surface area contributed by atoms with Crippen LogP contribution < -0.4 is 16.0 Å². The predicted molar refractivity (Wildman–Crippen MR) is 67.4 cm³/mol. The fourth-order valence-electron chi connectivity index (χ4n) is 1.36. The van der Waals surface area contributed by atoms with Crippen LogP contribution in [0.25, 0.3) is 12.2 Å². The molecule has 1 heterocycles. The number of nitrogens with one attached hydrogen (secondary N) is 2. The normalized spacial score (nSPS) is 10.7. The van der Waals surface area contributed by atoms with Gasteiger partial charge in [0.15, 0.2) is 0 Å². The van der Waals surface area contributed by atoms with E-state index in [9.17, 15) is 9.59 Å². The van der Waals surface area contributed by atoms with E-state index < -0.39 is 11.2 Å². The van der Waals surface area contributed by atoms with Gasteiger partial charge in [0, 0.05) is 0 Å². The molecule has 2 aromatic rings. The lowest BCUT2D eigenvalue weighted by molar-refractivity contribution is 0.415. The molecule has 6 nitrogen and oxygen atoms in total. The molecule has 0 saturated heterocycles. The highest BCUT2D eigenvalue weighted by Crippen LogP contribution is 2.12. The van der Waals surface area contributed by atoms with E-state index in [1.807, 2.05) is 24.3 Å². The van der Waals surface area contributed by atoms with Gasteiger partial charge in [-0.15, -0.1) is 0 Å². The highest BCUT2D eigenvalue weighted by molar-refractivity contribution is 5.67. The molecule has 0 fully saturated rings. The first-order valence-electron chi connectivity index (χ1n) is 5.20. The van der Waals surface area contributed by atoms with Crippen LogP contribution in [0.2, 0.25) is 0 Å². The van der Waals surface area contributed by atoms with Crippen LogP contribution in [0.3, 0.4) is 0 Å². The molecular formula is C12H11N3O3. The third kappa shape index (κ3) is 2.73. The molecule has 0 amide bonds. The van der Waals surface area contributed by atoms with Gasteiger partial charge in [0.1, 0.15) is 11.4 Å². The zero-order valence-electron chi connectivity index (χ0n) is 9.64. The first-order chi connectivity index (χ1) is 8.69. The summed E-state index contributed by atoms with van der Waals surface area (Å²) in [6.07, 6.45) is 3.24. The van der Waals surface area contributed by atoms with Gasteiger partial charge in [0.25, 0.3) is 5.56 Å². The minimum absolute atomic E-state index is 0.144. The van der Waals surface area contributed by atoms with E-state index in [1.54, 1.807) is 13.2 Å². The summed E-state index contributed by atoms with van der Waals surface area (Å²) in [5.74, 6) is 0.757. The summed E-state index contributed by atoms with van der Waals surface area (Å²) in [5, 5.41) is 5.80. The van der Waals surface area contributed by atoms with Crippen molar-refractivity contribution in [1.82, 2.24) is 15.2 Å². The predicted octanol–water partition coefficient (Wildman–Crippen LogP) is 0.637. The Bertz CT molecular complexity index is 668. The van der Waals surface area contributed by atoms with E-state index in [0.29, 0.717) is 0 Å². The number of aromatic nitrogens is 3. The average Bonchev–Trinajstić information content (AvgIpc) is 2.38. The van der Waals surface area contributed by atoms with Crippen molar-refractivity contribution >= 4 is 12.2 Å². The molecule has 1 aromatic carbocycles. The highest BCUT2D eigenvalue weighted by atomic mass is 16.5. The molecule has 0 atom stereocenters. The maximum Gasteiger partial charge on any atom is 0.342 e. The van der Waals surface area contributed by atoms with Crippen molar-refractivity contribution < 1.29 is 4.74 Å². The lowest BCUT2D eigenvalue weighted by Crippen LogP contribution is -2.25. The van der Waals surface area contributed by atoms with E-state index in [1.165, 1.54) is 6.08 Å². The molecule has 0 unspecified atom stereocenters. The second-order valence-electron chi connectivity index (χ2n) is 3.50. The van der Waals surface area contributed by atoms with Crippen molar-refractivity contribution in [3.63, 3.8) is 0 Å². The van der Waals surface area contributed by atoms with Gasteiger partial charge in [-0.05, 0) is 23.8 Å². The van der Waals surface area contributed by atoms with Gasteiger partial charge in [-0.1, -0.05) is 18.2 Å². The Kier molecular flexibility index (Phi) is 3.38. The summed E-state index contributed by atoms with van der Waals surface area (Å²) in [4.78, 5) is 24.2. The molecule has 0 radical (unpaired) electrons. The van der Waals surface area contributed by atoms with Gasteiger partial charge >= 0.3 is 5.69 Å². The summed E-state index contributed by atoms with van der Waals surface area (Å²) >= 11 is 0. The molecule has 92 valence electrons. The van der Waals surface area contributed by atoms with Crippen LogP contribution in [0.4, 0.5) is 0 Å². The van der Waals surface area contributed by atoms with Crippen LogP contribution in [0, 0.1) is 0 Å². The van der Waals surface area contributed by atoms with Crippen molar-refractivity contribution in [3.8, 4) is 5.75 Å². The summed E-state index contributed by atoms with van der Waals surface area (Å²) in [5.41, 5.74) is -0.112. The van der Waals surface area contributed by atoms with Gasteiger partial charge in [-0.25, -0.2) is 9.89 Å². The van der Waals surface area contributed by atoms with Crippen molar-refractivity contribution in [2.45, 2.75) is 0 Å². The Morgan fingerprint density at radius 2 is 1.89 bits per heavy atom. The van der Waals surface area contributed by atoms with Crippen molar-refractivity contribution in [2.75, 3.05) is 7.11 Å². The molecule has 0 saturated carbocycles. The Morgan fingerprint density at radius 1 is 1.17 bits per heavy atom. The molecule has 2 rings (SSSR count). The van der Waals surface area contributed by atoms with E-state index >= 15 is 0 Å². The first-order valence-corrected chi connectivity index (χ1v) is 5.20. The minimum atomic E-state index is -0.624. The fourth-order valence-corrected chi connectivity index (χ4v) is 1.36. The number of ether oxygens (including phenoxy) is 1. The summed E-state index contributed by atoms with van der Waals surface area (Å²) in [6.45, 7) is 0. The minimum Gasteiger partial charge on any atom is -0.497 e. The number of hydrogen-bond acceptors (Lipinski definition) is 4. The Morgan fingerprint density at radius 3 is 2.50 bits per heavy atom. The zero-order valence-corrected chi connectivity index (χ0v) is 9.64. The van der Waals surface area contributed by atoms with Crippen LogP contribution in [0.5, 0.6) is 5.75 Å². The number of rotatable bonds is 3. The molecule has 1 aromatic heterocycles. The fraction of sp³-hybridized carbons (Fsp3) is 0.0833. The molecule has 0 bridgehead atoms. The van der Waals surface area contributed by atoms with Gasteiger partial charge < -0.3 is 4.74 Å². The van der Waals surface area contributed by atoms with Crippen molar-refractivity contribution in [3.05, 3.63) is 56.4 Å². The molecule has 18 heavy (non-hydrogen) atoms. The highest BCUT2D eigenvalue weighted by Gasteiger charge is 1.97. The lowest BCUT2D eigenvalue weighted by atomic mass is 10.2. The third-order valence-corrected chi connectivity index (χ3v) is 2.29. The first kappa shape index (κ1) is 11.8. The number of benzene rings is 1. The SMILES string of the molecule is COc1ccc(/C=C/c2n[nH]c(=O)[nH]c2=O)cc1. The molecule has 2 N–H and O–H groups in total. The lowest BCUT2D eigenvalue weighted by Gasteiger charge is -1.98. The topological polar surface area (TPSA) is 87.8 Å². The summed E-state index contributed by atoms with van der Waals surface area (Å²) in [7, 11) is 1.59. The van der Waals surface area contributed by atoms with Gasteiger partial charge in [-0.3, -0.25) is 9.78 Å². The van der Waals surface area contributed by atoms with E-state index in [0.717, 1.165) is 11.3 Å². The number of aromatic amines is 2. The molecule has 0 aliphatic rings. The van der Waals surface area contributed by atoms with Gasteiger partial charge in [0.05, 0.1) is 7.11 Å². The number of H-pyrrole nitrogens is 2. The van der Waals surface area contributed by atoms with Gasteiger partial charge in [-0.2, -0.15) is 5.10 Å². The second-order valence-corrected chi connectivity index (χ2v) is 3.50. The van der Waals surface area contributed by atoms with Crippen LogP contribution >= 0.6 is 0 Å². The summed E-state index contributed by atoms with van der Waals surface area (Å²) < 4.78 is 5.03. The van der Waals surface area contributed by atoms with Gasteiger partial charge in [0.2, 0.25) is 0 Å². The molecule has 0 aliphatic carbocycles. The Labute approximate surface area is 102 Å². The smallest absolute Gasteiger partial charge is 0.342 e. The maximum atomic E-state index is 11.4. The molecule has 0 spiro atoms. The van der Waals surface area contributed by atoms with E-state index in [2.05, 4.69) is 15.2 Å². The van der Waals surface area contributed by atoms with Crippen molar-refractivity contribution in [2.24, 2.45) is 0 Å². The maximum absolute atomic E-state index is 11.4. The molecule has 0 aliphatic heterocycles. The average molecular weight is 245 g/mol.